The molecule has 15 heavy (non-hydrogen) atoms. The highest BCUT2D eigenvalue weighted by Crippen LogP contribution is 2.07. The molecule has 0 saturated carbocycles. The van der Waals surface area contributed by atoms with Gasteiger partial charge in [-0.25, -0.2) is 4.39 Å². The van der Waals surface area contributed by atoms with Crippen molar-refractivity contribution in [3.05, 3.63) is 35.9 Å². The van der Waals surface area contributed by atoms with Crippen LogP contribution < -0.4 is 5.32 Å². The molecule has 0 saturated heterocycles. The summed E-state index contributed by atoms with van der Waals surface area (Å²) in [6.45, 7) is 0.686. The van der Waals surface area contributed by atoms with E-state index in [9.17, 15) is 4.39 Å². The third kappa shape index (κ3) is 2.73. The molecule has 2 rings (SSSR count). The molecule has 0 aliphatic heterocycles. The molecule has 0 spiro atoms. The number of H-pyrrole nitrogens is 1. The molecule has 0 fully saturated rings. The molecule has 0 unspecified atom stereocenters. The summed E-state index contributed by atoms with van der Waals surface area (Å²) in [5, 5.41) is 16.6. The number of nitrogens with zero attached hydrogens (tertiary/aromatic N) is 3. The zero-order valence-corrected chi connectivity index (χ0v) is 7.94. The van der Waals surface area contributed by atoms with Gasteiger partial charge in [0.1, 0.15) is 5.82 Å². The zero-order chi connectivity index (χ0) is 10.5. The van der Waals surface area contributed by atoms with E-state index in [2.05, 4.69) is 25.9 Å². The molecule has 1 aromatic carbocycles. The molecule has 0 amide bonds. The van der Waals surface area contributed by atoms with E-state index in [1.165, 1.54) is 12.1 Å². The van der Waals surface area contributed by atoms with Gasteiger partial charge in [0.05, 0.1) is 0 Å². The number of hydrogen-bond donors (Lipinski definition) is 2. The van der Waals surface area contributed by atoms with Gasteiger partial charge in [-0.3, -0.25) is 0 Å². The Kier molecular flexibility index (Phi) is 2.87. The van der Waals surface area contributed by atoms with E-state index >= 15 is 0 Å². The summed E-state index contributed by atoms with van der Waals surface area (Å²) in [6.07, 6.45) is 0.674. The lowest BCUT2D eigenvalue weighted by Crippen LogP contribution is -2.05. The maximum atomic E-state index is 12.6. The van der Waals surface area contributed by atoms with Crippen LogP contribution in [0.3, 0.4) is 0 Å². The Morgan fingerprint density at radius 1 is 1.27 bits per heavy atom. The van der Waals surface area contributed by atoms with Crippen molar-refractivity contribution in [3.63, 3.8) is 0 Å². The van der Waals surface area contributed by atoms with Gasteiger partial charge in [-0.2, -0.15) is 5.21 Å². The van der Waals surface area contributed by atoms with E-state index in [4.69, 9.17) is 0 Å². The molecule has 2 aromatic rings. The molecule has 78 valence electrons. The molecule has 2 N–H and O–H groups in total. The summed E-state index contributed by atoms with van der Waals surface area (Å²) in [4.78, 5) is 0. The normalized spacial score (nSPS) is 10.2. The second-order valence-corrected chi connectivity index (χ2v) is 3.01. The predicted octanol–water partition coefficient (Wildman–Crippen LogP) is 0.993. The average molecular weight is 207 g/mol. The number of benzene rings is 1. The number of halogens is 1. The first-order valence-electron chi connectivity index (χ1n) is 4.56. The van der Waals surface area contributed by atoms with E-state index in [0.29, 0.717) is 18.8 Å². The van der Waals surface area contributed by atoms with Crippen molar-refractivity contribution in [3.8, 4) is 0 Å². The summed E-state index contributed by atoms with van der Waals surface area (Å²) < 4.78 is 12.6. The largest absolute Gasteiger partial charge is 0.385 e. The predicted molar refractivity (Wildman–Crippen MR) is 52.8 cm³/mol. The molecule has 0 atom stereocenters. The van der Waals surface area contributed by atoms with E-state index in [1.807, 2.05) is 0 Å². The van der Waals surface area contributed by atoms with Crippen LogP contribution in [0.1, 0.15) is 5.82 Å². The molecular weight excluding hydrogens is 197 g/mol. The summed E-state index contributed by atoms with van der Waals surface area (Å²) in [5.41, 5.74) is 0.875. The van der Waals surface area contributed by atoms with Crippen molar-refractivity contribution < 1.29 is 4.39 Å². The summed E-state index contributed by atoms with van der Waals surface area (Å²) in [5.74, 6) is 0.420. The van der Waals surface area contributed by atoms with Gasteiger partial charge in [0.15, 0.2) is 5.82 Å². The van der Waals surface area contributed by atoms with Gasteiger partial charge in [-0.05, 0) is 24.3 Å². The van der Waals surface area contributed by atoms with Crippen molar-refractivity contribution in [1.82, 2.24) is 20.6 Å². The third-order valence-electron chi connectivity index (χ3n) is 1.91. The van der Waals surface area contributed by atoms with Crippen molar-refractivity contribution in [1.29, 1.82) is 0 Å². The first-order valence-corrected chi connectivity index (χ1v) is 4.56. The first kappa shape index (κ1) is 9.57. The zero-order valence-electron chi connectivity index (χ0n) is 7.94. The Balaban J connectivity index is 1.81. The van der Waals surface area contributed by atoms with Crippen LogP contribution in [0, 0.1) is 5.82 Å². The van der Waals surface area contributed by atoms with Crippen molar-refractivity contribution in [2.45, 2.75) is 6.42 Å². The van der Waals surface area contributed by atoms with Crippen LogP contribution in [0.25, 0.3) is 0 Å². The lowest BCUT2D eigenvalue weighted by Gasteiger charge is -2.03. The summed E-state index contributed by atoms with van der Waals surface area (Å²) in [6, 6.07) is 6.20. The molecule has 6 heteroatoms. The average Bonchev–Trinajstić information content (AvgIpc) is 2.74. The fourth-order valence-electron chi connectivity index (χ4n) is 1.17. The van der Waals surface area contributed by atoms with Crippen LogP contribution >= 0.6 is 0 Å². The van der Waals surface area contributed by atoms with Gasteiger partial charge in [-0.15, -0.1) is 10.2 Å². The van der Waals surface area contributed by atoms with E-state index in [-0.39, 0.29) is 5.82 Å². The minimum Gasteiger partial charge on any atom is -0.385 e. The molecular formula is C9H10FN5. The quantitative estimate of drug-likeness (QED) is 0.784. The van der Waals surface area contributed by atoms with Crippen molar-refractivity contribution in [2.75, 3.05) is 11.9 Å². The lowest BCUT2D eigenvalue weighted by molar-refractivity contribution is 0.628. The third-order valence-corrected chi connectivity index (χ3v) is 1.91. The molecule has 0 aliphatic carbocycles. The van der Waals surface area contributed by atoms with Crippen LogP contribution in [0.4, 0.5) is 10.1 Å². The minimum absolute atomic E-state index is 0.237. The van der Waals surface area contributed by atoms with Gasteiger partial charge in [-0.1, -0.05) is 5.21 Å². The van der Waals surface area contributed by atoms with Crippen LogP contribution in [-0.2, 0) is 6.42 Å². The molecule has 0 bridgehead atoms. The van der Waals surface area contributed by atoms with Gasteiger partial charge in [0, 0.05) is 18.7 Å². The Bertz CT molecular complexity index is 397. The summed E-state index contributed by atoms with van der Waals surface area (Å²) >= 11 is 0. The van der Waals surface area contributed by atoms with Crippen molar-refractivity contribution in [2.24, 2.45) is 0 Å². The first-order chi connectivity index (χ1) is 7.34. The highest BCUT2D eigenvalue weighted by Gasteiger charge is 1.97. The second-order valence-electron chi connectivity index (χ2n) is 3.01. The number of aromatic nitrogens is 4. The van der Waals surface area contributed by atoms with Crippen molar-refractivity contribution >= 4 is 5.69 Å². The van der Waals surface area contributed by atoms with Gasteiger partial charge in [0.25, 0.3) is 0 Å². The minimum atomic E-state index is -0.237. The highest BCUT2D eigenvalue weighted by molar-refractivity contribution is 5.42. The number of nitrogens with one attached hydrogen (secondary N) is 2. The SMILES string of the molecule is Fc1ccc(NCCc2nn[nH]n2)cc1. The van der Waals surface area contributed by atoms with Gasteiger partial charge >= 0.3 is 0 Å². The summed E-state index contributed by atoms with van der Waals surface area (Å²) in [7, 11) is 0. The smallest absolute Gasteiger partial charge is 0.176 e. The molecule has 1 aromatic heterocycles. The monoisotopic (exact) mass is 207 g/mol. The Labute approximate surface area is 85.7 Å². The van der Waals surface area contributed by atoms with E-state index in [0.717, 1.165) is 5.69 Å². The molecule has 5 nitrogen and oxygen atoms in total. The lowest BCUT2D eigenvalue weighted by atomic mass is 10.3. The fourth-order valence-corrected chi connectivity index (χ4v) is 1.17. The Morgan fingerprint density at radius 2 is 2.07 bits per heavy atom. The standard InChI is InChI=1S/C9H10FN5/c10-7-1-3-8(4-2-7)11-6-5-9-12-14-15-13-9/h1-4,11H,5-6H2,(H,12,13,14,15). The van der Waals surface area contributed by atoms with Gasteiger partial charge < -0.3 is 5.32 Å². The van der Waals surface area contributed by atoms with Crippen LogP contribution in [-0.4, -0.2) is 27.2 Å². The van der Waals surface area contributed by atoms with Gasteiger partial charge in [0.2, 0.25) is 0 Å². The molecule has 0 aliphatic rings. The number of tetrazole rings is 1. The maximum absolute atomic E-state index is 12.6. The number of anilines is 1. The number of rotatable bonds is 4. The highest BCUT2D eigenvalue weighted by atomic mass is 19.1. The van der Waals surface area contributed by atoms with Crippen LogP contribution in [0.5, 0.6) is 0 Å². The topological polar surface area (TPSA) is 66.5 Å². The maximum Gasteiger partial charge on any atom is 0.176 e. The van der Waals surface area contributed by atoms with Crippen LogP contribution in [0.2, 0.25) is 0 Å². The second kappa shape index (κ2) is 4.50. The Morgan fingerprint density at radius 3 is 2.73 bits per heavy atom. The molecule has 0 radical (unpaired) electrons. The fraction of sp³-hybridized carbons (Fsp3) is 0.222. The number of hydrogen-bond acceptors (Lipinski definition) is 4. The van der Waals surface area contributed by atoms with Crippen LogP contribution in [0.15, 0.2) is 24.3 Å². The van der Waals surface area contributed by atoms with E-state index < -0.39 is 0 Å². The number of aromatic amines is 1. The molecule has 1 heterocycles. The Hall–Kier alpha value is -1.98. The van der Waals surface area contributed by atoms with E-state index in [1.54, 1.807) is 12.1 Å².